The van der Waals surface area contributed by atoms with Gasteiger partial charge in [0.1, 0.15) is 12.4 Å². The van der Waals surface area contributed by atoms with Crippen LogP contribution in [0.4, 0.5) is 0 Å². The lowest BCUT2D eigenvalue weighted by Crippen LogP contribution is -2.20. The summed E-state index contributed by atoms with van der Waals surface area (Å²) in [6.07, 6.45) is 3.08. The van der Waals surface area contributed by atoms with Crippen molar-refractivity contribution < 1.29 is 23.8 Å². The molecule has 0 aliphatic rings. The van der Waals surface area contributed by atoms with Crippen LogP contribution in [0.15, 0.2) is 57.0 Å². The Balaban J connectivity index is 2.07. The third-order valence-electron chi connectivity index (χ3n) is 3.54. The molecule has 10 heteroatoms. The Labute approximate surface area is 190 Å². The summed E-state index contributed by atoms with van der Waals surface area (Å²) >= 11 is 6.72. The number of hydrogen-bond acceptors (Lipinski definition) is 6. The van der Waals surface area contributed by atoms with Crippen molar-refractivity contribution in [3.05, 3.63) is 63.1 Å². The number of nitrogens with one attached hydrogen (secondary N) is 1. The minimum Gasteiger partial charge on any atom is -0.493 e. The van der Waals surface area contributed by atoms with Crippen molar-refractivity contribution >= 4 is 49.9 Å². The van der Waals surface area contributed by atoms with Gasteiger partial charge in [0.25, 0.3) is 11.8 Å². The Morgan fingerprint density at radius 3 is 2.47 bits per heavy atom. The number of ether oxygens (including phenoxy) is 3. The molecule has 0 saturated carbocycles. The zero-order valence-corrected chi connectivity index (χ0v) is 19.2. The zero-order valence-electron chi connectivity index (χ0n) is 16.0. The number of benzene rings is 2. The first-order chi connectivity index (χ1) is 14.3. The molecule has 0 heterocycles. The van der Waals surface area contributed by atoms with E-state index in [0.29, 0.717) is 43.9 Å². The second-order valence-electron chi connectivity index (χ2n) is 5.73. The van der Waals surface area contributed by atoms with Crippen LogP contribution in [-0.2, 0) is 4.79 Å². The van der Waals surface area contributed by atoms with Gasteiger partial charge in [0.2, 0.25) is 0 Å². The minimum absolute atomic E-state index is 0.248. The Morgan fingerprint density at radius 1 is 1.17 bits per heavy atom. The van der Waals surface area contributed by atoms with E-state index in [1.54, 1.807) is 36.4 Å². The SMILES string of the molecule is C=CCOc1ccc(C(=O)N/N=C/c2cc(Br)c(OCC(N)=O)c(Br)c2)cc1OC. The lowest BCUT2D eigenvalue weighted by molar-refractivity contribution is -0.119. The van der Waals surface area contributed by atoms with E-state index in [9.17, 15) is 9.59 Å². The van der Waals surface area contributed by atoms with Crippen LogP contribution >= 0.6 is 31.9 Å². The molecule has 30 heavy (non-hydrogen) atoms. The lowest BCUT2D eigenvalue weighted by Gasteiger charge is -2.10. The average Bonchev–Trinajstić information content (AvgIpc) is 2.71. The standard InChI is InChI=1S/C20H19Br2N3O5/c1-3-6-29-16-5-4-13(9-17(16)28-2)20(27)25-24-10-12-7-14(21)19(15(22)8-12)30-11-18(23)26/h3-5,7-10H,1,6,11H2,2H3,(H2,23,26)(H,25,27)/b24-10+. The quantitative estimate of drug-likeness (QED) is 0.272. The van der Waals surface area contributed by atoms with Crippen LogP contribution in [0.3, 0.4) is 0 Å². The third kappa shape index (κ3) is 6.60. The Bertz CT molecular complexity index is 956. The van der Waals surface area contributed by atoms with Crippen molar-refractivity contribution in [3.63, 3.8) is 0 Å². The monoisotopic (exact) mass is 539 g/mol. The molecule has 0 aliphatic carbocycles. The number of rotatable bonds is 10. The van der Waals surface area contributed by atoms with E-state index in [1.807, 2.05) is 0 Å². The van der Waals surface area contributed by atoms with E-state index in [0.717, 1.165) is 0 Å². The third-order valence-corrected chi connectivity index (χ3v) is 4.72. The predicted octanol–water partition coefficient (Wildman–Crippen LogP) is 3.41. The van der Waals surface area contributed by atoms with Crippen molar-refractivity contribution in [2.24, 2.45) is 10.8 Å². The first-order valence-corrected chi connectivity index (χ1v) is 10.1. The van der Waals surface area contributed by atoms with Crippen LogP contribution in [0.1, 0.15) is 15.9 Å². The van der Waals surface area contributed by atoms with E-state index in [1.165, 1.54) is 13.3 Å². The van der Waals surface area contributed by atoms with E-state index >= 15 is 0 Å². The van der Waals surface area contributed by atoms with Gasteiger partial charge in [-0.3, -0.25) is 9.59 Å². The molecule has 0 aliphatic heterocycles. The normalized spacial score (nSPS) is 10.5. The van der Waals surface area contributed by atoms with Crippen LogP contribution in [0.25, 0.3) is 0 Å². The van der Waals surface area contributed by atoms with E-state index in [2.05, 4.69) is 49.0 Å². The molecule has 2 aromatic rings. The summed E-state index contributed by atoms with van der Waals surface area (Å²) in [5, 5.41) is 3.97. The molecule has 0 atom stereocenters. The first kappa shape index (κ1) is 23.4. The van der Waals surface area contributed by atoms with Gasteiger partial charge in [-0.05, 0) is 67.8 Å². The smallest absolute Gasteiger partial charge is 0.271 e. The number of hydrogen-bond donors (Lipinski definition) is 2. The van der Waals surface area contributed by atoms with Gasteiger partial charge in [0.05, 0.1) is 22.3 Å². The van der Waals surface area contributed by atoms with Crippen molar-refractivity contribution in [3.8, 4) is 17.2 Å². The predicted molar refractivity (Wildman–Crippen MR) is 120 cm³/mol. The Morgan fingerprint density at radius 2 is 1.87 bits per heavy atom. The van der Waals surface area contributed by atoms with Crippen LogP contribution < -0.4 is 25.4 Å². The number of nitrogens with two attached hydrogens (primary N) is 1. The van der Waals surface area contributed by atoms with Gasteiger partial charge in [0, 0.05) is 5.56 Å². The fourth-order valence-electron chi connectivity index (χ4n) is 2.24. The average molecular weight is 541 g/mol. The van der Waals surface area contributed by atoms with Crippen molar-refractivity contribution in [1.29, 1.82) is 0 Å². The molecular formula is C20H19Br2N3O5. The number of primary amides is 1. The fraction of sp³-hybridized carbons (Fsp3) is 0.150. The molecular weight excluding hydrogens is 522 g/mol. The maximum absolute atomic E-state index is 12.3. The van der Waals surface area contributed by atoms with Gasteiger partial charge in [-0.15, -0.1) is 0 Å². The molecule has 3 N–H and O–H groups in total. The Hall–Kier alpha value is -2.85. The highest BCUT2D eigenvalue weighted by atomic mass is 79.9. The molecule has 0 spiro atoms. The van der Waals surface area contributed by atoms with Gasteiger partial charge >= 0.3 is 0 Å². The number of carbonyl (C=O) groups excluding carboxylic acids is 2. The zero-order chi connectivity index (χ0) is 22.1. The lowest BCUT2D eigenvalue weighted by atomic mass is 10.2. The highest BCUT2D eigenvalue weighted by Crippen LogP contribution is 2.34. The number of amides is 2. The highest BCUT2D eigenvalue weighted by Gasteiger charge is 2.12. The Kier molecular flexibility index (Phi) is 8.88. The van der Waals surface area contributed by atoms with E-state index < -0.39 is 11.8 Å². The molecule has 2 amide bonds. The fourth-order valence-corrected chi connectivity index (χ4v) is 3.69. The van der Waals surface area contributed by atoms with Crippen LogP contribution in [-0.4, -0.2) is 38.4 Å². The van der Waals surface area contributed by atoms with Crippen LogP contribution in [0.5, 0.6) is 17.2 Å². The molecule has 8 nitrogen and oxygen atoms in total. The van der Waals surface area contributed by atoms with Gasteiger partial charge in [-0.25, -0.2) is 5.43 Å². The maximum Gasteiger partial charge on any atom is 0.271 e. The maximum atomic E-state index is 12.3. The second-order valence-corrected chi connectivity index (χ2v) is 7.44. The topological polar surface area (TPSA) is 112 Å². The highest BCUT2D eigenvalue weighted by molar-refractivity contribution is 9.11. The first-order valence-electron chi connectivity index (χ1n) is 8.51. The van der Waals surface area contributed by atoms with Gasteiger partial charge in [0.15, 0.2) is 18.1 Å². The summed E-state index contributed by atoms with van der Waals surface area (Å²) in [4.78, 5) is 23.2. The van der Waals surface area contributed by atoms with Crippen molar-refractivity contribution in [2.45, 2.75) is 0 Å². The largest absolute Gasteiger partial charge is 0.493 e. The summed E-state index contributed by atoms with van der Waals surface area (Å²) in [6.45, 7) is 3.66. The molecule has 2 aromatic carbocycles. The molecule has 0 bridgehead atoms. The summed E-state index contributed by atoms with van der Waals surface area (Å²) in [6, 6.07) is 8.22. The van der Waals surface area contributed by atoms with Crippen LogP contribution in [0, 0.1) is 0 Å². The molecule has 0 aromatic heterocycles. The minimum atomic E-state index is -0.584. The summed E-state index contributed by atoms with van der Waals surface area (Å²) in [7, 11) is 1.49. The van der Waals surface area contributed by atoms with Crippen molar-refractivity contribution in [1.82, 2.24) is 5.43 Å². The number of nitrogens with zero attached hydrogens (tertiary/aromatic N) is 1. The number of hydrazone groups is 1. The van der Waals surface area contributed by atoms with Gasteiger partial charge in [-0.2, -0.15) is 5.10 Å². The van der Waals surface area contributed by atoms with Gasteiger partial charge in [-0.1, -0.05) is 12.7 Å². The summed E-state index contributed by atoms with van der Waals surface area (Å²) in [5.41, 5.74) is 8.56. The van der Waals surface area contributed by atoms with Crippen molar-refractivity contribution in [2.75, 3.05) is 20.3 Å². The molecule has 0 saturated heterocycles. The molecule has 158 valence electrons. The van der Waals surface area contributed by atoms with Crippen LogP contribution in [0.2, 0.25) is 0 Å². The van der Waals surface area contributed by atoms with Gasteiger partial charge < -0.3 is 19.9 Å². The molecule has 0 radical (unpaired) electrons. The number of carbonyl (C=O) groups is 2. The summed E-state index contributed by atoms with van der Waals surface area (Å²) in [5.74, 6) is 0.359. The second kappa shape index (κ2) is 11.4. The summed E-state index contributed by atoms with van der Waals surface area (Å²) < 4.78 is 17.2. The molecule has 0 fully saturated rings. The van der Waals surface area contributed by atoms with E-state index in [4.69, 9.17) is 19.9 Å². The number of methoxy groups -OCH3 is 1. The molecule has 2 rings (SSSR count). The number of halogens is 2. The van der Waals surface area contributed by atoms with E-state index in [-0.39, 0.29) is 6.61 Å². The molecule has 0 unspecified atom stereocenters.